The van der Waals surface area contributed by atoms with Gasteiger partial charge in [0.2, 0.25) is 0 Å². The fourth-order valence-electron chi connectivity index (χ4n) is 1.48. The average molecular weight is 305 g/mol. The van der Waals surface area contributed by atoms with Crippen LogP contribution in [-0.4, -0.2) is 25.3 Å². The normalized spacial score (nSPS) is 16.4. The first-order chi connectivity index (χ1) is 7.92. The van der Waals surface area contributed by atoms with E-state index in [-0.39, 0.29) is 11.9 Å². The highest BCUT2D eigenvalue weighted by atomic mass is 79.9. The first kappa shape index (κ1) is 14.4. The number of hydrogen-bond acceptors (Lipinski definition) is 3. The summed E-state index contributed by atoms with van der Waals surface area (Å²) < 4.78 is 18.8. The molecule has 0 aliphatic carbocycles. The van der Waals surface area contributed by atoms with Crippen LogP contribution in [0.1, 0.15) is 13.8 Å². The van der Waals surface area contributed by atoms with E-state index in [0.29, 0.717) is 11.0 Å². The zero-order valence-electron chi connectivity index (χ0n) is 10.3. The molecular weight excluding hydrogens is 287 g/mol. The monoisotopic (exact) mass is 304 g/mol. The third kappa shape index (κ3) is 3.40. The van der Waals surface area contributed by atoms with Gasteiger partial charge in [-0.15, -0.1) is 0 Å². The highest BCUT2D eigenvalue weighted by molar-refractivity contribution is 9.10. The van der Waals surface area contributed by atoms with Crippen molar-refractivity contribution in [2.24, 2.45) is 5.73 Å². The van der Waals surface area contributed by atoms with Crippen LogP contribution in [0, 0.1) is 5.82 Å². The van der Waals surface area contributed by atoms with E-state index in [4.69, 9.17) is 10.5 Å². The van der Waals surface area contributed by atoms with Crippen LogP contribution in [0.15, 0.2) is 22.7 Å². The van der Waals surface area contributed by atoms with Crippen LogP contribution in [-0.2, 0) is 4.74 Å². The van der Waals surface area contributed by atoms with Gasteiger partial charge in [0, 0.05) is 19.3 Å². The van der Waals surface area contributed by atoms with E-state index in [9.17, 15) is 4.39 Å². The summed E-state index contributed by atoms with van der Waals surface area (Å²) in [4.78, 5) is 0. The Kier molecular flexibility index (Phi) is 4.91. The lowest BCUT2D eigenvalue weighted by atomic mass is 9.95. The number of methoxy groups -OCH3 is 1. The molecule has 0 radical (unpaired) electrons. The molecule has 3 nitrogen and oxygen atoms in total. The highest BCUT2D eigenvalue weighted by Gasteiger charge is 2.29. The highest BCUT2D eigenvalue weighted by Crippen LogP contribution is 2.24. The zero-order chi connectivity index (χ0) is 13.1. The maximum atomic E-state index is 13.1. The van der Waals surface area contributed by atoms with Gasteiger partial charge < -0.3 is 15.8 Å². The lowest BCUT2D eigenvalue weighted by molar-refractivity contribution is 0.0688. The van der Waals surface area contributed by atoms with E-state index in [0.717, 1.165) is 5.69 Å². The molecule has 2 unspecified atom stereocenters. The van der Waals surface area contributed by atoms with Gasteiger partial charge >= 0.3 is 0 Å². The lowest BCUT2D eigenvalue weighted by Crippen LogP contribution is -2.51. The molecule has 96 valence electrons. The maximum Gasteiger partial charge on any atom is 0.137 e. The van der Waals surface area contributed by atoms with Crippen molar-refractivity contribution in [3.63, 3.8) is 0 Å². The fraction of sp³-hybridized carbons (Fsp3) is 0.500. The van der Waals surface area contributed by atoms with E-state index in [1.165, 1.54) is 6.07 Å². The number of hydrogen-bond donors (Lipinski definition) is 2. The third-order valence-electron chi connectivity index (χ3n) is 3.02. The molecular formula is C12H18BrFN2O. The first-order valence-electron chi connectivity index (χ1n) is 5.39. The van der Waals surface area contributed by atoms with Gasteiger partial charge in [0.1, 0.15) is 5.82 Å². The van der Waals surface area contributed by atoms with Gasteiger partial charge in [-0.3, -0.25) is 0 Å². The molecule has 0 fully saturated rings. The van der Waals surface area contributed by atoms with Crippen molar-refractivity contribution in [1.29, 1.82) is 0 Å². The number of nitrogens with one attached hydrogen (secondary N) is 1. The molecule has 0 aliphatic rings. The summed E-state index contributed by atoms with van der Waals surface area (Å²) >= 11 is 3.15. The van der Waals surface area contributed by atoms with Gasteiger partial charge in [-0.2, -0.15) is 0 Å². The van der Waals surface area contributed by atoms with Crippen LogP contribution in [0.2, 0.25) is 0 Å². The Morgan fingerprint density at radius 1 is 1.59 bits per heavy atom. The summed E-state index contributed by atoms with van der Waals surface area (Å²) in [5.41, 5.74) is 6.18. The molecule has 3 N–H and O–H groups in total. The first-order valence-corrected chi connectivity index (χ1v) is 6.18. The van der Waals surface area contributed by atoms with Gasteiger partial charge in [-0.25, -0.2) is 4.39 Å². The molecule has 1 aromatic carbocycles. The number of anilines is 1. The molecule has 17 heavy (non-hydrogen) atoms. The van der Waals surface area contributed by atoms with Gasteiger partial charge in [0.25, 0.3) is 0 Å². The second kappa shape index (κ2) is 5.80. The van der Waals surface area contributed by atoms with Crippen LogP contribution < -0.4 is 11.1 Å². The summed E-state index contributed by atoms with van der Waals surface area (Å²) in [5, 5.41) is 3.28. The zero-order valence-corrected chi connectivity index (χ0v) is 11.8. The Labute approximate surface area is 110 Å². The van der Waals surface area contributed by atoms with E-state index in [1.807, 2.05) is 13.8 Å². The summed E-state index contributed by atoms with van der Waals surface area (Å²) in [6, 6.07) is 4.77. The molecule has 5 heteroatoms. The van der Waals surface area contributed by atoms with Crippen molar-refractivity contribution in [2.75, 3.05) is 19.0 Å². The minimum absolute atomic E-state index is 0.0590. The Hall–Kier alpha value is -0.650. The largest absolute Gasteiger partial charge is 0.379 e. The second-order valence-electron chi connectivity index (χ2n) is 4.25. The predicted octanol–water partition coefficient (Wildman–Crippen LogP) is 2.75. The number of rotatable bonds is 5. The molecule has 1 rings (SSSR count). The summed E-state index contributed by atoms with van der Waals surface area (Å²) in [5.74, 6) is -0.287. The van der Waals surface area contributed by atoms with Gasteiger partial charge in [0.05, 0.1) is 16.1 Å². The van der Waals surface area contributed by atoms with Crippen molar-refractivity contribution in [3.05, 3.63) is 28.5 Å². The standard InChI is InChI=1S/C12H18BrFN2O/c1-8(17-3)12(2,7-15)16-9-4-5-11(14)10(13)6-9/h4-6,8,16H,7,15H2,1-3H3. The Morgan fingerprint density at radius 2 is 2.24 bits per heavy atom. The minimum Gasteiger partial charge on any atom is -0.379 e. The molecule has 0 aliphatic heterocycles. The Balaban J connectivity index is 2.91. The van der Waals surface area contributed by atoms with Crippen LogP contribution in [0.4, 0.5) is 10.1 Å². The van der Waals surface area contributed by atoms with Gasteiger partial charge in [-0.1, -0.05) is 0 Å². The Bertz CT molecular complexity index is 389. The molecule has 0 aromatic heterocycles. The van der Waals surface area contributed by atoms with Crippen LogP contribution >= 0.6 is 15.9 Å². The maximum absolute atomic E-state index is 13.1. The molecule has 0 heterocycles. The molecule has 0 bridgehead atoms. The molecule has 2 atom stereocenters. The summed E-state index contributed by atoms with van der Waals surface area (Å²) in [7, 11) is 1.64. The van der Waals surface area contributed by atoms with E-state index in [2.05, 4.69) is 21.2 Å². The molecule has 0 saturated carbocycles. The van der Waals surface area contributed by atoms with Crippen molar-refractivity contribution in [1.82, 2.24) is 0 Å². The van der Waals surface area contributed by atoms with E-state index >= 15 is 0 Å². The Morgan fingerprint density at radius 3 is 2.71 bits per heavy atom. The topological polar surface area (TPSA) is 47.3 Å². The summed E-state index contributed by atoms with van der Waals surface area (Å²) in [6.07, 6.45) is -0.0590. The molecule has 0 saturated heterocycles. The second-order valence-corrected chi connectivity index (χ2v) is 5.11. The minimum atomic E-state index is -0.397. The van der Waals surface area contributed by atoms with E-state index < -0.39 is 5.54 Å². The van der Waals surface area contributed by atoms with Crippen molar-refractivity contribution in [2.45, 2.75) is 25.5 Å². The van der Waals surface area contributed by atoms with Crippen molar-refractivity contribution < 1.29 is 9.13 Å². The number of benzene rings is 1. The predicted molar refractivity (Wildman–Crippen MR) is 71.7 cm³/mol. The average Bonchev–Trinajstić information content (AvgIpc) is 2.32. The lowest BCUT2D eigenvalue weighted by Gasteiger charge is -2.35. The van der Waals surface area contributed by atoms with Gasteiger partial charge in [-0.05, 0) is 48.0 Å². The molecule has 1 aromatic rings. The molecule has 0 amide bonds. The van der Waals surface area contributed by atoms with Crippen LogP contribution in [0.3, 0.4) is 0 Å². The van der Waals surface area contributed by atoms with Crippen LogP contribution in [0.25, 0.3) is 0 Å². The van der Waals surface area contributed by atoms with E-state index in [1.54, 1.807) is 19.2 Å². The molecule has 0 spiro atoms. The van der Waals surface area contributed by atoms with Gasteiger partial charge in [0.15, 0.2) is 0 Å². The smallest absolute Gasteiger partial charge is 0.137 e. The third-order valence-corrected chi connectivity index (χ3v) is 3.63. The van der Waals surface area contributed by atoms with Crippen LogP contribution in [0.5, 0.6) is 0 Å². The SMILES string of the molecule is COC(C)C(C)(CN)Nc1ccc(F)c(Br)c1. The number of nitrogens with two attached hydrogens (primary N) is 1. The number of halogens is 2. The van der Waals surface area contributed by atoms with Crippen molar-refractivity contribution >= 4 is 21.6 Å². The number of ether oxygens (including phenoxy) is 1. The quantitative estimate of drug-likeness (QED) is 0.879. The fourth-order valence-corrected chi connectivity index (χ4v) is 1.86. The summed E-state index contributed by atoms with van der Waals surface area (Å²) in [6.45, 7) is 4.33. The van der Waals surface area contributed by atoms with Crippen molar-refractivity contribution in [3.8, 4) is 0 Å².